The Morgan fingerprint density at radius 3 is 2.39 bits per heavy atom. The summed E-state index contributed by atoms with van der Waals surface area (Å²) in [6.45, 7) is 7.00. The molecule has 0 spiro atoms. The molecule has 0 radical (unpaired) electrons. The number of Topliss-reactive ketones (excluding diaryl/α,β-unsaturated/α-hetero) is 1. The van der Waals surface area contributed by atoms with E-state index in [1.165, 1.54) is 6.26 Å². The average Bonchev–Trinajstić information content (AvgIpc) is 2.81. The molecule has 0 aromatic heterocycles. The van der Waals surface area contributed by atoms with E-state index in [9.17, 15) is 4.79 Å². The maximum absolute atomic E-state index is 12.2. The number of rotatable bonds is 1. The van der Waals surface area contributed by atoms with Gasteiger partial charge in [0.05, 0.1) is 0 Å². The van der Waals surface area contributed by atoms with Crippen molar-refractivity contribution in [1.29, 1.82) is 0 Å². The van der Waals surface area contributed by atoms with Gasteiger partial charge in [-0.25, -0.2) is 0 Å². The van der Waals surface area contributed by atoms with Gasteiger partial charge < -0.3 is 23.7 Å². The van der Waals surface area contributed by atoms with Gasteiger partial charge in [-0.1, -0.05) is 0 Å². The summed E-state index contributed by atoms with van der Waals surface area (Å²) in [5, 5.41) is 0. The van der Waals surface area contributed by atoms with E-state index in [4.69, 9.17) is 23.7 Å². The van der Waals surface area contributed by atoms with E-state index in [-0.39, 0.29) is 5.78 Å². The van der Waals surface area contributed by atoms with Crippen molar-refractivity contribution in [2.75, 3.05) is 0 Å². The SMILES string of the molecule is CC1(C)OC=C([C@@H]2O[C@@H]3OC(C)(C)O[C@@H]3C2=O)O1. The lowest BCUT2D eigenvalue weighted by atomic mass is 10.1. The Balaban J connectivity index is 1.74. The normalized spacial score (nSPS) is 40.1. The van der Waals surface area contributed by atoms with Crippen molar-refractivity contribution < 1.29 is 28.5 Å². The van der Waals surface area contributed by atoms with Crippen molar-refractivity contribution in [2.24, 2.45) is 0 Å². The Morgan fingerprint density at radius 2 is 1.83 bits per heavy atom. The third kappa shape index (κ3) is 1.81. The minimum Gasteiger partial charge on any atom is -0.457 e. The number of hydrogen-bond acceptors (Lipinski definition) is 6. The Labute approximate surface area is 105 Å². The molecule has 0 bridgehead atoms. The standard InChI is InChI=1S/C12H16O6/c1-11(2)14-5-6(16-11)8-7(13)9-10(15-8)18-12(3,4)17-9/h5,8-10H,1-4H3/t8-,9+,10+/m0/s1. The molecule has 18 heavy (non-hydrogen) atoms. The topological polar surface area (TPSA) is 63.2 Å². The Hall–Kier alpha value is -1.11. The van der Waals surface area contributed by atoms with Crippen molar-refractivity contribution in [1.82, 2.24) is 0 Å². The van der Waals surface area contributed by atoms with Crippen LogP contribution in [0, 0.1) is 0 Å². The van der Waals surface area contributed by atoms with Crippen LogP contribution in [0.3, 0.4) is 0 Å². The molecule has 2 saturated heterocycles. The maximum Gasteiger partial charge on any atom is 0.244 e. The highest BCUT2D eigenvalue weighted by Gasteiger charge is 2.56. The van der Waals surface area contributed by atoms with Crippen LogP contribution in [0.5, 0.6) is 0 Å². The number of hydrogen-bond donors (Lipinski definition) is 0. The molecule has 6 nitrogen and oxygen atoms in total. The van der Waals surface area contributed by atoms with E-state index in [2.05, 4.69) is 0 Å². The summed E-state index contributed by atoms with van der Waals surface area (Å²) in [4.78, 5) is 12.2. The molecule has 0 aromatic carbocycles. The lowest BCUT2D eigenvalue weighted by molar-refractivity contribution is -0.207. The van der Waals surface area contributed by atoms with Crippen LogP contribution in [0.15, 0.2) is 12.0 Å². The molecule has 2 fully saturated rings. The number of ketones is 1. The second kappa shape index (κ2) is 3.46. The molecule has 6 heteroatoms. The molecular weight excluding hydrogens is 240 g/mol. The van der Waals surface area contributed by atoms with Gasteiger partial charge in [0.15, 0.2) is 30.0 Å². The first kappa shape index (κ1) is 12.0. The van der Waals surface area contributed by atoms with Gasteiger partial charge >= 0.3 is 0 Å². The van der Waals surface area contributed by atoms with Crippen LogP contribution in [0.2, 0.25) is 0 Å². The maximum atomic E-state index is 12.2. The third-order valence-corrected chi connectivity index (χ3v) is 2.95. The molecule has 0 aliphatic carbocycles. The van der Waals surface area contributed by atoms with Crippen molar-refractivity contribution in [3.05, 3.63) is 12.0 Å². The van der Waals surface area contributed by atoms with Gasteiger partial charge in [0.25, 0.3) is 0 Å². The van der Waals surface area contributed by atoms with Crippen LogP contribution in [-0.4, -0.2) is 35.9 Å². The molecule has 3 aliphatic rings. The molecule has 0 unspecified atom stereocenters. The Kier molecular flexibility index (Phi) is 2.30. The zero-order valence-corrected chi connectivity index (χ0v) is 10.8. The predicted molar refractivity (Wildman–Crippen MR) is 58.0 cm³/mol. The van der Waals surface area contributed by atoms with Crippen molar-refractivity contribution in [3.8, 4) is 0 Å². The van der Waals surface area contributed by atoms with Gasteiger partial charge in [-0.2, -0.15) is 0 Å². The average molecular weight is 256 g/mol. The fourth-order valence-corrected chi connectivity index (χ4v) is 2.23. The van der Waals surface area contributed by atoms with Crippen LogP contribution >= 0.6 is 0 Å². The fraction of sp³-hybridized carbons (Fsp3) is 0.750. The number of carbonyl (C=O) groups excluding carboxylic acids is 1. The first-order valence-electron chi connectivity index (χ1n) is 5.89. The smallest absolute Gasteiger partial charge is 0.244 e. The van der Waals surface area contributed by atoms with Gasteiger partial charge in [-0.05, 0) is 13.8 Å². The number of fused-ring (bicyclic) bond motifs is 1. The van der Waals surface area contributed by atoms with Crippen LogP contribution in [-0.2, 0) is 28.5 Å². The van der Waals surface area contributed by atoms with Gasteiger partial charge in [0.1, 0.15) is 6.26 Å². The molecule has 0 aromatic rings. The third-order valence-electron chi connectivity index (χ3n) is 2.95. The summed E-state index contributed by atoms with van der Waals surface area (Å²) in [6, 6.07) is 0. The summed E-state index contributed by atoms with van der Waals surface area (Å²) in [5.41, 5.74) is 0. The number of carbonyl (C=O) groups is 1. The molecule has 0 N–H and O–H groups in total. The molecule has 3 heterocycles. The van der Waals surface area contributed by atoms with E-state index in [0.29, 0.717) is 5.76 Å². The highest BCUT2D eigenvalue weighted by Crippen LogP contribution is 2.39. The quantitative estimate of drug-likeness (QED) is 0.699. The van der Waals surface area contributed by atoms with E-state index >= 15 is 0 Å². The summed E-state index contributed by atoms with van der Waals surface area (Å²) in [5.74, 6) is -1.39. The first-order valence-corrected chi connectivity index (χ1v) is 5.89. The highest BCUT2D eigenvalue weighted by molar-refractivity contribution is 5.92. The second-order valence-corrected chi connectivity index (χ2v) is 5.48. The summed E-state index contributed by atoms with van der Waals surface area (Å²) >= 11 is 0. The summed E-state index contributed by atoms with van der Waals surface area (Å²) < 4.78 is 27.3. The molecule has 3 rings (SSSR count). The van der Waals surface area contributed by atoms with Gasteiger partial charge in [0.2, 0.25) is 11.6 Å². The first-order chi connectivity index (χ1) is 8.27. The van der Waals surface area contributed by atoms with Crippen molar-refractivity contribution >= 4 is 5.78 Å². The zero-order chi connectivity index (χ0) is 13.1. The minimum absolute atomic E-state index is 0.196. The monoisotopic (exact) mass is 256 g/mol. The Morgan fingerprint density at radius 1 is 1.11 bits per heavy atom. The van der Waals surface area contributed by atoms with E-state index < -0.39 is 30.1 Å². The van der Waals surface area contributed by atoms with Crippen LogP contribution in [0.25, 0.3) is 0 Å². The molecule has 3 aliphatic heterocycles. The lowest BCUT2D eigenvalue weighted by Gasteiger charge is -2.22. The van der Waals surface area contributed by atoms with Crippen molar-refractivity contribution in [3.63, 3.8) is 0 Å². The summed E-state index contributed by atoms with van der Waals surface area (Å²) in [7, 11) is 0. The fourth-order valence-electron chi connectivity index (χ4n) is 2.23. The van der Waals surface area contributed by atoms with Gasteiger partial charge in [-0.15, -0.1) is 0 Å². The molecule has 0 amide bonds. The Bertz CT molecular complexity index is 424. The van der Waals surface area contributed by atoms with E-state index in [1.54, 1.807) is 27.7 Å². The van der Waals surface area contributed by atoms with E-state index in [0.717, 1.165) is 0 Å². The largest absolute Gasteiger partial charge is 0.457 e. The van der Waals surface area contributed by atoms with Crippen LogP contribution in [0.1, 0.15) is 27.7 Å². The molecule has 3 atom stereocenters. The van der Waals surface area contributed by atoms with Gasteiger partial charge in [0, 0.05) is 13.8 Å². The highest BCUT2D eigenvalue weighted by atomic mass is 16.8. The molecule has 100 valence electrons. The lowest BCUT2D eigenvalue weighted by Crippen LogP contribution is -2.32. The van der Waals surface area contributed by atoms with Gasteiger partial charge in [-0.3, -0.25) is 4.79 Å². The number of ether oxygens (including phenoxy) is 5. The van der Waals surface area contributed by atoms with E-state index in [1.807, 2.05) is 0 Å². The second-order valence-electron chi connectivity index (χ2n) is 5.48. The van der Waals surface area contributed by atoms with Crippen LogP contribution in [0.4, 0.5) is 0 Å². The predicted octanol–water partition coefficient (Wildman–Crippen LogP) is 1.06. The molecule has 0 saturated carbocycles. The summed E-state index contributed by atoms with van der Waals surface area (Å²) in [6.07, 6.45) is -0.767. The zero-order valence-electron chi connectivity index (χ0n) is 10.8. The van der Waals surface area contributed by atoms with Crippen LogP contribution < -0.4 is 0 Å². The van der Waals surface area contributed by atoms with Crippen molar-refractivity contribution in [2.45, 2.75) is 57.8 Å². The minimum atomic E-state index is -0.808. The molecular formula is C12H16O6.